The zero-order chi connectivity index (χ0) is 20.4. The van der Waals surface area contributed by atoms with Crippen LogP contribution < -0.4 is 10.4 Å². The lowest BCUT2D eigenvalue weighted by molar-refractivity contribution is -0.137. The van der Waals surface area contributed by atoms with E-state index in [0.717, 1.165) is 31.3 Å². The first-order chi connectivity index (χ1) is 13.9. The number of piperazine rings is 1. The summed E-state index contributed by atoms with van der Waals surface area (Å²) in [5.41, 5.74) is 2.40. The molecule has 156 valence electrons. The first-order valence-electron chi connectivity index (χ1n) is 9.66. The molecule has 6 nitrogen and oxygen atoms in total. The minimum atomic E-state index is -4.34. The number of urea groups is 1. The summed E-state index contributed by atoms with van der Waals surface area (Å²) in [5, 5.41) is 0. The molecule has 3 aliphatic rings. The Labute approximate surface area is 167 Å². The molecule has 1 N–H and O–H groups in total. The number of halogens is 3. The SMILES string of the molecule is O=C1NOC2=CC=CCC2N1CCN1CCN(c2cccc(C(F)(F)F)c2)CC1. The van der Waals surface area contributed by atoms with E-state index in [1.807, 2.05) is 23.1 Å². The van der Waals surface area contributed by atoms with Crippen molar-refractivity contribution in [2.75, 3.05) is 44.2 Å². The van der Waals surface area contributed by atoms with Crippen LogP contribution in [-0.4, -0.2) is 61.1 Å². The van der Waals surface area contributed by atoms with Gasteiger partial charge in [0.2, 0.25) is 0 Å². The first kappa shape index (κ1) is 19.6. The van der Waals surface area contributed by atoms with Crippen LogP contribution in [0.5, 0.6) is 0 Å². The maximum absolute atomic E-state index is 12.9. The molecular weight excluding hydrogens is 385 g/mol. The van der Waals surface area contributed by atoms with Crippen LogP contribution in [0, 0.1) is 0 Å². The molecule has 2 amide bonds. The summed E-state index contributed by atoms with van der Waals surface area (Å²) in [6.45, 7) is 4.03. The van der Waals surface area contributed by atoms with Gasteiger partial charge in [0.15, 0.2) is 5.76 Å². The summed E-state index contributed by atoms with van der Waals surface area (Å²) in [7, 11) is 0. The van der Waals surface area contributed by atoms with Gasteiger partial charge < -0.3 is 14.6 Å². The zero-order valence-electron chi connectivity index (χ0n) is 15.9. The molecule has 2 aliphatic heterocycles. The van der Waals surface area contributed by atoms with Gasteiger partial charge >= 0.3 is 12.2 Å². The quantitative estimate of drug-likeness (QED) is 0.832. The fourth-order valence-electron chi connectivity index (χ4n) is 3.90. The number of nitrogens with zero attached hydrogens (tertiary/aromatic N) is 3. The molecular formula is C20H23F3N4O2. The van der Waals surface area contributed by atoms with Crippen molar-refractivity contribution >= 4 is 11.7 Å². The maximum atomic E-state index is 12.9. The average Bonchev–Trinajstić information content (AvgIpc) is 2.73. The zero-order valence-corrected chi connectivity index (χ0v) is 15.9. The second kappa shape index (κ2) is 7.98. The van der Waals surface area contributed by atoms with E-state index in [1.54, 1.807) is 11.0 Å². The summed E-state index contributed by atoms with van der Waals surface area (Å²) in [6.07, 6.45) is 2.17. The predicted octanol–water partition coefficient (Wildman–Crippen LogP) is 3.00. The number of allylic oxidation sites excluding steroid dienone is 2. The Hall–Kier alpha value is -2.68. The van der Waals surface area contributed by atoms with Gasteiger partial charge in [0.1, 0.15) is 0 Å². The van der Waals surface area contributed by atoms with Crippen molar-refractivity contribution in [3.8, 4) is 0 Å². The van der Waals surface area contributed by atoms with Crippen molar-refractivity contribution in [2.45, 2.75) is 18.6 Å². The summed E-state index contributed by atoms with van der Waals surface area (Å²) >= 11 is 0. The molecule has 1 atom stereocenters. The molecule has 2 heterocycles. The Morgan fingerprint density at radius 2 is 1.93 bits per heavy atom. The normalized spacial score (nSPS) is 22.7. The van der Waals surface area contributed by atoms with Crippen LogP contribution in [0.25, 0.3) is 0 Å². The standard InChI is InChI=1S/C20H23F3N4O2/c21-20(22,23)15-4-3-5-16(14-15)26-11-8-25(9-12-26)10-13-27-17-6-1-2-7-18(17)29-24-19(27)28/h1-5,7,14,17H,6,8-13H2,(H,24,28). The van der Waals surface area contributed by atoms with Crippen molar-refractivity contribution in [3.63, 3.8) is 0 Å². The number of benzene rings is 1. The third-order valence-electron chi connectivity index (χ3n) is 5.55. The number of carbonyl (C=O) groups excluding carboxylic acids is 1. The molecule has 0 aromatic heterocycles. The van der Waals surface area contributed by atoms with Crippen molar-refractivity contribution in [3.05, 3.63) is 53.8 Å². The van der Waals surface area contributed by atoms with E-state index < -0.39 is 11.7 Å². The Morgan fingerprint density at radius 3 is 2.69 bits per heavy atom. The number of hydroxylamine groups is 1. The van der Waals surface area contributed by atoms with Crippen LogP contribution in [0.4, 0.5) is 23.7 Å². The largest absolute Gasteiger partial charge is 0.416 e. The van der Waals surface area contributed by atoms with Gasteiger partial charge in [-0.2, -0.15) is 18.7 Å². The van der Waals surface area contributed by atoms with E-state index >= 15 is 0 Å². The van der Waals surface area contributed by atoms with Crippen LogP contribution in [0.3, 0.4) is 0 Å². The van der Waals surface area contributed by atoms with Gasteiger partial charge in [-0.05, 0) is 30.7 Å². The van der Waals surface area contributed by atoms with Crippen molar-refractivity contribution < 1.29 is 22.8 Å². The second-order valence-electron chi connectivity index (χ2n) is 7.33. The Morgan fingerprint density at radius 1 is 1.14 bits per heavy atom. The number of fused-ring (bicyclic) bond motifs is 1. The number of alkyl halides is 3. The Balaban J connectivity index is 1.31. The number of anilines is 1. The maximum Gasteiger partial charge on any atom is 0.416 e. The van der Waals surface area contributed by atoms with E-state index in [1.165, 1.54) is 12.1 Å². The van der Waals surface area contributed by atoms with Gasteiger partial charge in [-0.3, -0.25) is 4.90 Å². The summed E-state index contributed by atoms with van der Waals surface area (Å²) < 4.78 is 38.8. The lowest BCUT2D eigenvalue weighted by Crippen LogP contribution is -2.56. The summed E-state index contributed by atoms with van der Waals surface area (Å²) in [5.74, 6) is 0.737. The molecule has 0 radical (unpaired) electrons. The Bertz CT molecular complexity index is 816. The fraction of sp³-hybridized carbons (Fsp3) is 0.450. The summed E-state index contributed by atoms with van der Waals surface area (Å²) in [6, 6.07) is 5.14. The molecule has 0 spiro atoms. The van der Waals surface area contributed by atoms with E-state index in [0.29, 0.717) is 31.9 Å². The molecule has 1 aromatic carbocycles. The second-order valence-corrected chi connectivity index (χ2v) is 7.33. The van der Waals surface area contributed by atoms with Crippen LogP contribution >= 0.6 is 0 Å². The lowest BCUT2D eigenvalue weighted by atomic mass is 10.0. The van der Waals surface area contributed by atoms with Gasteiger partial charge in [0.25, 0.3) is 0 Å². The van der Waals surface area contributed by atoms with Gasteiger partial charge in [-0.25, -0.2) is 4.79 Å². The highest BCUT2D eigenvalue weighted by Gasteiger charge is 2.34. The average molecular weight is 408 g/mol. The highest BCUT2D eigenvalue weighted by Crippen LogP contribution is 2.32. The van der Waals surface area contributed by atoms with E-state index in [-0.39, 0.29) is 12.1 Å². The number of nitrogens with one attached hydrogen (secondary N) is 1. The molecule has 1 aliphatic carbocycles. The van der Waals surface area contributed by atoms with Crippen LogP contribution in [-0.2, 0) is 11.0 Å². The first-order valence-corrected chi connectivity index (χ1v) is 9.66. The molecule has 9 heteroatoms. The van der Waals surface area contributed by atoms with Crippen molar-refractivity contribution in [1.82, 2.24) is 15.3 Å². The van der Waals surface area contributed by atoms with E-state index in [2.05, 4.69) is 10.4 Å². The minimum Gasteiger partial charge on any atom is -0.380 e. The number of hydrogen-bond acceptors (Lipinski definition) is 4. The topological polar surface area (TPSA) is 48.1 Å². The van der Waals surface area contributed by atoms with Gasteiger partial charge in [-0.1, -0.05) is 18.2 Å². The monoisotopic (exact) mass is 408 g/mol. The third-order valence-corrected chi connectivity index (χ3v) is 5.55. The molecule has 1 unspecified atom stereocenters. The predicted molar refractivity (Wildman–Crippen MR) is 102 cm³/mol. The number of amides is 2. The highest BCUT2D eigenvalue weighted by molar-refractivity contribution is 5.75. The van der Waals surface area contributed by atoms with Gasteiger partial charge in [0.05, 0.1) is 11.6 Å². The van der Waals surface area contributed by atoms with E-state index in [4.69, 9.17) is 4.84 Å². The molecule has 4 rings (SSSR count). The van der Waals surface area contributed by atoms with Gasteiger partial charge in [0, 0.05) is 45.0 Å². The molecule has 1 aromatic rings. The molecule has 29 heavy (non-hydrogen) atoms. The van der Waals surface area contributed by atoms with Crippen LogP contribution in [0.1, 0.15) is 12.0 Å². The van der Waals surface area contributed by atoms with Crippen LogP contribution in [0.2, 0.25) is 0 Å². The number of carbonyl (C=O) groups is 1. The Kier molecular flexibility index (Phi) is 5.40. The third kappa shape index (κ3) is 4.34. The highest BCUT2D eigenvalue weighted by atomic mass is 19.4. The summed E-state index contributed by atoms with van der Waals surface area (Å²) in [4.78, 5) is 23.5. The number of hydrogen-bond donors (Lipinski definition) is 1. The van der Waals surface area contributed by atoms with Crippen molar-refractivity contribution in [1.29, 1.82) is 0 Å². The molecule has 2 fully saturated rings. The minimum absolute atomic E-state index is 0.0832. The molecule has 0 saturated carbocycles. The van der Waals surface area contributed by atoms with Crippen molar-refractivity contribution in [2.24, 2.45) is 0 Å². The van der Waals surface area contributed by atoms with Gasteiger partial charge in [-0.15, -0.1) is 0 Å². The molecule has 2 saturated heterocycles. The lowest BCUT2D eigenvalue weighted by Gasteiger charge is -2.40. The fourth-order valence-corrected chi connectivity index (χ4v) is 3.90. The van der Waals surface area contributed by atoms with E-state index in [9.17, 15) is 18.0 Å². The molecule has 0 bridgehead atoms. The van der Waals surface area contributed by atoms with Crippen LogP contribution in [0.15, 0.2) is 48.3 Å². The number of rotatable bonds is 4. The smallest absolute Gasteiger partial charge is 0.380 e.